The van der Waals surface area contributed by atoms with Crippen LogP contribution in [0.15, 0.2) is 73.3 Å². The van der Waals surface area contributed by atoms with Crippen molar-refractivity contribution in [2.75, 3.05) is 0 Å². The molecule has 1 aliphatic rings. The van der Waals surface area contributed by atoms with Gasteiger partial charge in [0.2, 0.25) is 0 Å². The largest absolute Gasteiger partial charge is 0.459 e. The number of esters is 1. The zero-order valence-electron chi connectivity index (χ0n) is 19.0. The minimum absolute atomic E-state index is 0.182. The molecule has 2 aromatic carbocycles. The van der Waals surface area contributed by atoms with Gasteiger partial charge in [-0.05, 0) is 38.3 Å². The number of alkyl carbamates (subject to hydrolysis) is 1. The molecule has 1 saturated heterocycles. The minimum atomic E-state index is -0.598. The van der Waals surface area contributed by atoms with Gasteiger partial charge in [-0.2, -0.15) is 0 Å². The van der Waals surface area contributed by atoms with Gasteiger partial charge >= 0.3 is 12.1 Å². The molecular weight excluding hydrogens is 404 g/mol. The van der Waals surface area contributed by atoms with E-state index in [2.05, 4.69) is 11.9 Å². The molecule has 32 heavy (non-hydrogen) atoms. The topological polar surface area (TPSA) is 67.9 Å². The number of likely N-dealkylation sites (tertiary alicyclic amines) is 1. The molecule has 3 atom stereocenters. The van der Waals surface area contributed by atoms with Crippen molar-refractivity contribution in [3.63, 3.8) is 0 Å². The van der Waals surface area contributed by atoms with E-state index in [0.29, 0.717) is 13.0 Å². The van der Waals surface area contributed by atoms with Crippen molar-refractivity contribution < 1.29 is 19.1 Å². The van der Waals surface area contributed by atoms with Gasteiger partial charge in [0, 0.05) is 12.6 Å². The molecule has 0 spiro atoms. The van der Waals surface area contributed by atoms with Crippen LogP contribution in [0.25, 0.3) is 0 Å². The predicted octanol–water partition coefficient (Wildman–Crippen LogP) is 4.45. The summed E-state index contributed by atoms with van der Waals surface area (Å²) < 4.78 is 11.1. The molecule has 1 heterocycles. The van der Waals surface area contributed by atoms with Crippen LogP contribution in [0.5, 0.6) is 0 Å². The number of hydrogen-bond acceptors (Lipinski definition) is 5. The molecule has 0 saturated carbocycles. The quantitative estimate of drug-likeness (QED) is 0.513. The molecule has 0 aromatic heterocycles. The molecule has 0 bridgehead atoms. The fourth-order valence-electron chi connectivity index (χ4n) is 3.93. The molecule has 6 nitrogen and oxygen atoms in total. The summed E-state index contributed by atoms with van der Waals surface area (Å²) in [7, 11) is 0. The van der Waals surface area contributed by atoms with E-state index in [0.717, 1.165) is 11.1 Å². The third-order valence-electron chi connectivity index (χ3n) is 5.32. The van der Waals surface area contributed by atoms with Gasteiger partial charge in [0.1, 0.15) is 18.2 Å². The van der Waals surface area contributed by atoms with Gasteiger partial charge in [-0.15, -0.1) is 6.58 Å². The number of rotatable bonds is 7. The standard InChI is InChI=1S/C26H32N2O4/c1-5-22-21(27-25(30)31-18-20-14-10-7-11-15-20)16-23(24(29)32-26(2,3)4)28(22)17-19-12-8-6-9-13-19/h5-15,21-23H,1,16-18H2,2-4H3,(H,27,30)/t21?,22-,23-/m1/s1. The molecule has 1 aliphatic heterocycles. The van der Waals surface area contributed by atoms with Crippen LogP contribution >= 0.6 is 0 Å². The van der Waals surface area contributed by atoms with Crippen molar-refractivity contribution in [3.05, 3.63) is 84.4 Å². The average molecular weight is 437 g/mol. The van der Waals surface area contributed by atoms with Crippen LogP contribution in [-0.2, 0) is 27.4 Å². The summed E-state index contributed by atoms with van der Waals surface area (Å²) in [6.45, 7) is 10.2. The van der Waals surface area contributed by atoms with E-state index in [1.807, 2.05) is 86.3 Å². The molecule has 1 fully saturated rings. The number of nitrogens with zero attached hydrogens (tertiary/aromatic N) is 1. The van der Waals surface area contributed by atoms with Crippen molar-refractivity contribution in [2.45, 2.75) is 64.1 Å². The zero-order chi connectivity index (χ0) is 23.1. The molecule has 2 aromatic rings. The van der Waals surface area contributed by atoms with Gasteiger partial charge in [0.25, 0.3) is 0 Å². The molecular formula is C26H32N2O4. The van der Waals surface area contributed by atoms with Gasteiger partial charge in [-0.25, -0.2) is 4.79 Å². The fourth-order valence-corrected chi connectivity index (χ4v) is 3.93. The first-order valence-corrected chi connectivity index (χ1v) is 10.9. The number of ether oxygens (including phenoxy) is 2. The van der Waals surface area contributed by atoms with Crippen LogP contribution in [0.4, 0.5) is 4.79 Å². The van der Waals surface area contributed by atoms with Gasteiger partial charge in [0.15, 0.2) is 0 Å². The van der Waals surface area contributed by atoms with Crippen LogP contribution in [0.1, 0.15) is 38.3 Å². The molecule has 1 N–H and O–H groups in total. The number of carbonyl (C=O) groups excluding carboxylic acids is 2. The van der Waals surface area contributed by atoms with E-state index in [9.17, 15) is 9.59 Å². The van der Waals surface area contributed by atoms with Crippen LogP contribution in [0.2, 0.25) is 0 Å². The van der Waals surface area contributed by atoms with E-state index in [1.54, 1.807) is 6.08 Å². The average Bonchev–Trinajstić information content (AvgIpc) is 3.09. The van der Waals surface area contributed by atoms with Crippen LogP contribution in [0, 0.1) is 0 Å². The first-order chi connectivity index (χ1) is 15.3. The summed E-state index contributed by atoms with van der Waals surface area (Å²) in [5, 5.41) is 2.93. The molecule has 3 rings (SSSR count). The molecule has 1 amide bonds. The Bertz CT molecular complexity index is 908. The molecule has 1 unspecified atom stereocenters. The van der Waals surface area contributed by atoms with Gasteiger partial charge in [0.05, 0.1) is 6.04 Å². The minimum Gasteiger partial charge on any atom is -0.459 e. The maximum absolute atomic E-state index is 13.0. The fraction of sp³-hybridized carbons (Fsp3) is 0.385. The molecule has 0 radical (unpaired) electrons. The van der Waals surface area contributed by atoms with Crippen molar-refractivity contribution in [3.8, 4) is 0 Å². The monoisotopic (exact) mass is 436 g/mol. The lowest BCUT2D eigenvalue weighted by atomic mass is 10.1. The van der Waals surface area contributed by atoms with Crippen molar-refractivity contribution in [1.82, 2.24) is 10.2 Å². The van der Waals surface area contributed by atoms with E-state index in [4.69, 9.17) is 9.47 Å². The summed E-state index contributed by atoms with van der Waals surface area (Å²) in [4.78, 5) is 27.6. The zero-order valence-corrected chi connectivity index (χ0v) is 19.0. The van der Waals surface area contributed by atoms with Gasteiger partial charge in [-0.1, -0.05) is 66.7 Å². The van der Waals surface area contributed by atoms with Crippen LogP contribution in [0.3, 0.4) is 0 Å². The van der Waals surface area contributed by atoms with Crippen LogP contribution < -0.4 is 5.32 Å². The number of hydrogen-bond donors (Lipinski definition) is 1. The molecule has 170 valence electrons. The predicted molar refractivity (Wildman–Crippen MR) is 124 cm³/mol. The summed E-state index contributed by atoms with van der Waals surface area (Å²) in [6.07, 6.45) is 1.67. The van der Waals surface area contributed by atoms with E-state index < -0.39 is 17.7 Å². The maximum Gasteiger partial charge on any atom is 0.407 e. The van der Waals surface area contributed by atoms with Crippen LogP contribution in [-0.4, -0.2) is 40.7 Å². The Labute approximate surface area is 190 Å². The second-order valence-corrected chi connectivity index (χ2v) is 8.98. The third kappa shape index (κ3) is 6.44. The number of carbonyl (C=O) groups is 2. The Kier molecular flexibility index (Phi) is 7.70. The first kappa shape index (κ1) is 23.5. The third-order valence-corrected chi connectivity index (χ3v) is 5.32. The summed E-state index contributed by atoms with van der Waals surface area (Å²) in [6, 6.07) is 18.4. The van der Waals surface area contributed by atoms with Crippen molar-refractivity contribution in [1.29, 1.82) is 0 Å². The highest BCUT2D eigenvalue weighted by atomic mass is 16.6. The number of benzene rings is 2. The Hall–Kier alpha value is -3.12. The highest BCUT2D eigenvalue weighted by Gasteiger charge is 2.45. The second-order valence-electron chi connectivity index (χ2n) is 8.98. The number of amides is 1. The lowest BCUT2D eigenvalue weighted by molar-refractivity contribution is -0.160. The Morgan fingerprint density at radius 1 is 1.06 bits per heavy atom. The SMILES string of the molecule is C=C[C@@H]1C(NC(=O)OCc2ccccc2)C[C@H](C(=O)OC(C)(C)C)N1Cc1ccccc1. The Morgan fingerprint density at radius 2 is 1.66 bits per heavy atom. The highest BCUT2D eigenvalue weighted by molar-refractivity contribution is 5.77. The van der Waals surface area contributed by atoms with Crippen molar-refractivity contribution >= 4 is 12.1 Å². The summed E-state index contributed by atoms with van der Waals surface area (Å²) in [5.74, 6) is -0.303. The molecule has 0 aliphatic carbocycles. The first-order valence-electron chi connectivity index (χ1n) is 10.9. The normalized spacial score (nSPS) is 21.0. The Morgan fingerprint density at radius 3 is 2.22 bits per heavy atom. The highest BCUT2D eigenvalue weighted by Crippen LogP contribution is 2.30. The lowest BCUT2D eigenvalue weighted by Crippen LogP contribution is -2.45. The number of nitrogens with one attached hydrogen (secondary N) is 1. The maximum atomic E-state index is 13.0. The second kappa shape index (κ2) is 10.5. The van der Waals surface area contributed by atoms with Gasteiger partial charge < -0.3 is 14.8 Å². The Balaban J connectivity index is 1.73. The van der Waals surface area contributed by atoms with E-state index in [1.165, 1.54) is 0 Å². The smallest absolute Gasteiger partial charge is 0.407 e. The van der Waals surface area contributed by atoms with Gasteiger partial charge in [-0.3, -0.25) is 9.69 Å². The molecule has 6 heteroatoms. The summed E-state index contributed by atoms with van der Waals surface area (Å²) in [5.41, 5.74) is 1.38. The van der Waals surface area contributed by atoms with Crippen molar-refractivity contribution in [2.24, 2.45) is 0 Å². The lowest BCUT2D eigenvalue weighted by Gasteiger charge is -2.30. The summed E-state index contributed by atoms with van der Waals surface area (Å²) >= 11 is 0. The van der Waals surface area contributed by atoms with E-state index in [-0.39, 0.29) is 24.7 Å². The van der Waals surface area contributed by atoms with E-state index >= 15 is 0 Å².